The van der Waals surface area contributed by atoms with Crippen molar-refractivity contribution in [2.45, 2.75) is 47.0 Å². The molecular formula is C23H29N3O3. The van der Waals surface area contributed by atoms with Crippen LogP contribution in [0.4, 0.5) is 0 Å². The minimum absolute atomic E-state index is 0.204. The van der Waals surface area contributed by atoms with Gasteiger partial charge in [0.25, 0.3) is 0 Å². The van der Waals surface area contributed by atoms with Gasteiger partial charge in [-0.15, -0.1) is 0 Å². The Kier molecular flexibility index (Phi) is 6.01. The Morgan fingerprint density at radius 3 is 2.41 bits per heavy atom. The fraction of sp³-hybridized carbons (Fsp3) is 0.478. The van der Waals surface area contributed by atoms with Crippen LogP contribution in [0.15, 0.2) is 30.3 Å². The number of likely N-dealkylation sites (tertiary alicyclic amines) is 1. The van der Waals surface area contributed by atoms with Crippen LogP contribution in [0, 0.1) is 18.3 Å². The second-order valence-corrected chi connectivity index (χ2v) is 8.85. The summed E-state index contributed by atoms with van der Waals surface area (Å²) in [5.41, 5.74) is 1.97. The molecule has 0 bridgehead atoms. The molecule has 1 fully saturated rings. The Hall–Kier alpha value is -2.76. The maximum absolute atomic E-state index is 12.5. The second kappa shape index (κ2) is 8.31. The molecule has 1 aromatic carbocycles. The number of benzene rings is 1. The number of amides is 1. The van der Waals surface area contributed by atoms with E-state index in [4.69, 9.17) is 0 Å². The van der Waals surface area contributed by atoms with Crippen LogP contribution < -0.4 is 0 Å². The van der Waals surface area contributed by atoms with Crippen molar-refractivity contribution in [1.29, 1.82) is 0 Å². The van der Waals surface area contributed by atoms with Gasteiger partial charge in [0.1, 0.15) is 5.82 Å². The first kappa shape index (κ1) is 21.0. The molecule has 1 N–H and O–H groups in total. The van der Waals surface area contributed by atoms with Crippen molar-refractivity contribution in [1.82, 2.24) is 14.9 Å². The maximum Gasteiger partial charge on any atom is 0.336 e. The molecule has 0 unspecified atom stereocenters. The number of carboxylic acids is 1. The lowest BCUT2D eigenvalue weighted by Crippen LogP contribution is -2.44. The van der Waals surface area contributed by atoms with E-state index in [0.29, 0.717) is 17.2 Å². The Labute approximate surface area is 172 Å². The molecule has 0 saturated carbocycles. The zero-order chi connectivity index (χ0) is 21.2. The van der Waals surface area contributed by atoms with Crippen molar-refractivity contribution in [2.75, 3.05) is 13.1 Å². The van der Waals surface area contributed by atoms with Gasteiger partial charge in [0.15, 0.2) is 0 Å². The largest absolute Gasteiger partial charge is 0.478 e. The molecule has 1 aliphatic heterocycles. The molecule has 0 atom stereocenters. The van der Waals surface area contributed by atoms with E-state index in [0.717, 1.165) is 43.9 Å². The summed E-state index contributed by atoms with van der Waals surface area (Å²) in [7, 11) is 0. The molecule has 6 heteroatoms. The van der Waals surface area contributed by atoms with Gasteiger partial charge in [-0.1, -0.05) is 39.0 Å². The molecule has 1 aliphatic rings. The van der Waals surface area contributed by atoms with Crippen molar-refractivity contribution in [3.05, 3.63) is 47.4 Å². The first-order valence-corrected chi connectivity index (χ1v) is 10.1. The first-order valence-electron chi connectivity index (χ1n) is 10.1. The van der Waals surface area contributed by atoms with E-state index in [1.807, 2.05) is 44.7 Å². The Morgan fingerprint density at radius 1 is 1.14 bits per heavy atom. The number of rotatable bonds is 4. The van der Waals surface area contributed by atoms with Crippen LogP contribution in [-0.4, -0.2) is 44.9 Å². The molecule has 154 valence electrons. The molecule has 29 heavy (non-hydrogen) atoms. The molecule has 2 heterocycles. The summed E-state index contributed by atoms with van der Waals surface area (Å²) >= 11 is 0. The highest BCUT2D eigenvalue weighted by molar-refractivity contribution is 5.95. The van der Waals surface area contributed by atoms with Gasteiger partial charge < -0.3 is 10.0 Å². The van der Waals surface area contributed by atoms with Crippen molar-refractivity contribution < 1.29 is 14.7 Å². The number of hydrogen-bond acceptors (Lipinski definition) is 4. The van der Waals surface area contributed by atoms with Crippen molar-refractivity contribution in [3.8, 4) is 11.3 Å². The summed E-state index contributed by atoms with van der Waals surface area (Å²) < 4.78 is 0. The third kappa shape index (κ3) is 5.00. The molecule has 1 amide bonds. The topological polar surface area (TPSA) is 83.4 Å². The minimum atomic E-state index is -0.964. The number of carbonyl (C=O) groups is 2. The van der Waals surface area contributed by atoms with Crippen LogP contribution in [-0.2, 0) is 11.2 Å². The number of piperidine rings is 1. The quantitative estimate of drug-likeness (QED) is 0.847. The van der Waals surface area contributed by atoms with Gasteiger partial charge in [-0.3, -0.25) is 4.79 Å². The lowest BCUT2D eigenvalue weighted by atomic mass is 9.89. The van der Waals surface area contributed by atoms with Crippen molar-refractivity contribution in [2.24, 2.45) is 11.3 Å². The summed E-state index contributed by atoms with van der Waals surface area (Å²) in [6.07, 6.45) is 2.60. The van der Waals surface area contributed by atoms with Gasteiger partial charge in [0.2, 0.25) is 5.91 Å². The minimum Gasteiger partial charge on any atom is -0.478 e. The standard InChI is InChI=1S/C23H29N3O3/c1-15-13-19(17-7-5-6-8-18(17)21(27)28)25-20(24-15)14-16-9-11-26(12-10-16)22(29)23(2,3)4/h5-8,13,16H,9-12,14H2,1-4H3,(H,27,28). The van der Waals surface area contributed by atoms with Gasteiger partial charge in [-0.2, -0.15) is 0 Å². The van der Waals surface area contributed by atoms with E-state index in [-0.39, 0.29) is 16.9 Å². The normalized spacial score (nSPS) is 15.4. The third-order valence-electron chi connectivity index (χ3n) is 5.35. The molecule has 0 radical (unpaired) electrons. The number of nitrogens with zero attached hydrogens (tertiary/aromatic N) is 3. The summed E-state index contributed by atoms with van der Waals surface area (Å²) in [5, 5.41) is 9.48. The zero-order valence-electron chi connectivity index (χ0n) is 17.6. The molecular weight excluding hydrogens is 366 g/mol. The number of carboxylic acid groups (broad SMARTS) is 1. The third-order valence-corrected chi connectivity index (χ3v) is 5.35. The number of hydrogen-bond donors (Lipinski definition) is 1. The highest BCUT2D eigenvalue weighted by Crippen LogP contribution is 2.27. The maximum atomic E-state index is 12.5. The Balaban J connectivity index is 1.74. The number of aryl methyl sites for hydroxylation is 1. The summed E-state index contributed by atoms with van der Waals surface area (Å²) in [5.74, 6) is 0.397. The first-order chi connectivity index (χ1) is 13.6. The van der Waals surface area contributed by atoms with Gasteiger partial charge in [-0.05, 0) is 37.8 Å². The van der Waals surface area contributed by atoms with Crippen LogP contribution in [0.25, 0.3) is 11.3 Å². The number of aromatic nitrogens is 2. The predicted octanol–water partition coefficient (Wildman–Crippen LogP) is 3.98. The molecule has 1 saturated heterocycles. The highest BCUT2D eigenvalue weighted by Gasteiger charge is 2.30. The van der Waals surface area contributed by atoms with E-state index in [1.165, 1.54) is 0 Å². The average molecular weight is 396 g/mol. The number of aromatic carboxylic acids is 1. The predicted molar refractivity (Wildman–Crippen MR) is 112 cm³/mol. The number of carbonyl (C=O) groups excluding carboxylic acids is 1. The van der Waals surface area contributed by atoms with E-state index in [9.17, 15) is 14.7 Å². The lowest BCUT2D eigenvalue weighted by Gasteiger charge is -2.35. The molecule has 0 spiro atoms. The van der Waals surface area contributed by atoms with E-state index in [1.54, 1.807) is 18.2 Å². The molecule has 0 aliphatic carbocycles. The smallest absolute Gasteiger partial charge is 0.336 e. The van der Waals surface area contributed by atoms with E-state index in [2.05, 4.69) is 9.97 Å². The van der Waals surface area contributed by atoms with E-state index >= 15 is 0 Å². The fourth-order valence-corrected chi connectivity index (χ4v) is 3.82. The van der Waals surface area contributed by atoms with Crippen molar-refractivity contribution in [3.63, 3.8) is 0 Å². The molecule has 3 rings (SSSR count). The van der Waals surface area contributed by atoms with Gasteiger partial charge in [0, 0.05) is 36.2 Å². The Bertz CT molecular complexity index is 910. The van der Waals surface area contributed by atoms with Crippen LogP contribution in [0.3, 0.4) is 0 Å². The summed E-state index contributed by atoms with van der Waals surface area (Å²) in [4.78, 5) is 35.3. The second-order valence-electron chi connectivity index (χ2n) is 8.85. The van der Waals surface area contributed by atoms with Gasteiger partial charge in [-0.25, -0.2) is 14.8 Å². The lowest BCUT2D eigenvalue weighted by molar-refractivity contribution is -0.140. The van der Waals surface area contributed by atoms with Crippen LogP contribution in [0.2, 0.25) is 0 Å². The molecule has 6 nitrogen and oxygen atoms in total. The van der Waals surface area contributed by atoms with Crippen LogP contribution >= 0.6 is 0 Å². The Morgan fingerprint density at radius 2 is 1.79 bits per heavy atom. The van der Waals surface area contributed by atoms with Gasteiger partial charge >= 0.3 is 5.97 Å². The molecule has 1 aromatic heterocycles. The van der Waals surface area contributed by atoms with Crippen LogP contribution in [0.5, 0.6) is 0 Å². The average Bonchev–Trinajstić information content (AvgIpc) is 2.67. The monoisotopic (exact) mass is 395 g/mol. The SMILES string of the molecule is Cc1cc(-c2ccccc2C(=O)O)nc(CC2CCN(C(=O)C(C)(C)C)CC2)n1. The highest BCUT2D eigenvalue weighted by atomic mass is 16.4. The van der Waals surface area contributed by atoms with Crippen molar-refractivity contribution >= 4 is 11.9 Å². The summed E-state index contributed by atoms with van der Waals surface area (Å²) in [6.45, 7) is 9.31. The van der Waals surface area contributed by atoms with Gasteiger partial charge in [0.05, 0.1) is 11.3 Å². The summed E-state index contributed by atoms with van der Waals surface area (Å²) in [6, 6.07) is 8.74. The zero-order valence-corrected chi connectivity index (χ0v) is 17.6. The fourth-order valence-electron chi connectivity index (χ4n) is 3.82. The van der Waals surface area contributed by atoms with Crippen LogP contribution in [0.1, 0.15) is 55.5 Å². The van der Waals surface area contributed by atoms with E-state index < -0.39 is 5.97 Å². The molecule has 2 aromatic rings.